The van der Waals surface area contributed by atoms with Crippen LogP contribution in [-0.2, 0) is 30.8 Å². The highest BCUT2D eigenvalue weighted by Gasteiger charge is 2.27. The Hall–Kier alpha value is -2.88. The highest BCUT2D eigenvalue weighted by molar-refractivity contribution is 7.93. The Kier molecular flexibility index (Phi) is 9.33. The maximum Gasteiger partial charge on any atom is 0.408 e. The highest BCUT2D eigenvalue weighted by atomic mass is 32.2. The SMILES string of the molecule is CC(C)[C@H](NC(=O)OCc1ccccc1)C(=O)N[C@H](/C=C\S(C)(=O)=O)CC(=O)O. The molecule has 10 heteroatoms. The first-order valence-corrected chi connectivity index (χ1v) is 10.8. The van der Waals surface area contributed by atoms with Gasteiger partial charge in [0.2, 0.25) is 5.91 Å². The Bertz CT molecular complexity index is 835. The fraction of sp³-hybridized carbons (Fsp3) is 0.421. The number of carbonyl (C=O) groups is 3. The molecule has 2 amide bonds. The molecule has 1 aromatic rings. The number of carbonyl (C=O) groups excluding carboxylic acids is 2. The second-order valence-corrected chi connectivity index (χ2v) is 8.73. The first kappa shape index (κ1) is 24.2. The summed E-state index contributed by atoms with van der Waals surface area (Å²) in [6.45, 7) is 3.42. The quantitative estimate of drug-likeness (QED) is 0.515. The van der Waals surface area contributed by atoms with Gasteiger partial charge in [-0.05, 0) is 11.5 Å². The standard InChI is InChI=1S/C19H26N2O7S/c1-13(2)17(21-19(25)28-12-14-7-5-4-6-8-14)18(24)20-15(11-16(22)23)9-10-29(3,26)27/h4-10,13,15,17H,11-12H2,1-3H3,(H,20,24)(H,21,25)(H,22,23)/b10-9-/t15-,17+/m1/s1. The number of hydrogen-bond acceptors (Lipinski definition) is 6. The van der Waals surface area contributed by atoms with Crippen LogP contribution in [0.15, 0.2) is 41.8 Å². The molecule has 160 valence electrons. The minimum absolute atomic E-state index is 0.0256. The molecular formula is C19H26N2O7S. The molecule has 1 aromatic carbocycles. The van der Waals surface area contributed by atoms with Crippen molar-refractivity contribution in [3.8, 4) is 0 Å². The van der Waals surface area contributed by atoms with Gasteiger partial charge in [0.1, 0.15) is 12.6 Å². The van der Waals surface area contributed by atoms with Crippen LogP contribution in [0.3, 0.4) is 0 Å². The van der Waals surface area contributed by atoms with Crippen LogP contribution in [-0.4, -0.2) is 49.8 Å². The number of alkyl carbamates (subject to hydrolysis) is 1. The summed E-state index contributed by atoms with van der Waals surface area (Å²) in [5.74, 6) is -2.20. The summed E-state index contributed by atoms with van der Waals surface area (Å²) in [7, 11) is -3.49. The lowest BCUT2D eigenvalue weighted by atomic mass is 10.0. The van der Waals surface area contributed by atoms with Gasteiger partial charge in [-0.15, -0.1) is 0 Å². The van der Waals surface area contributed by atoms with E-state index in [0.717, 1.165) is 23.3 Å². The van der Waals surface area contributed by atoms with Crippen LogP contribution >= 0.6 is 0 Å². The molecule has 0 radical (unpaired) electrons. The second kappa shape index (κ2) is 11.2. The number of benzene rings is 1. The molecule has 0 fully saturated rings. The number of amides is 2. The Morgan fingerprint density at radius 2 is 1.76 bits per heavy atom. The van der Waals surface area contributed by atoms with E-state index >= 15 is 0 Å². The zero-order valence-corrected chi connectivity index (χ0v) is 17.3. The Labute approximate surface area is 170 Å². The van der Waals surface area contributed by atoms with E-state index in [-0.39, 0.29) is 12.5 Å². The fourth-order valence-electron chi connectivity index (χ4n) is 2.29. The van der Waals surface area contributed by atoms with Crippen molar-refractivity contribution >= 4 is 27.8 Å². The largest absolute Gasteiger partial charge is 0.481 e. The molecule has 0 aliphatic rings. The number of ether oxygens (including phenoxy) is 1. The van der Waals surface area contributed by atoms with E-state index in [2.05, 4.69) is 10.6 Å². The molecule has 1 rings (SSSR count). The second-order valence-electron chi connectivity index (χ2n) is 6.80. The Balaban J connectivity index is 2.76. The number of hydrogen-bond donors (Lipinski definition) is 3. The summed E-state index contributed by atoms with van der Waals surface area (Å²) in [6.07, 6.45) is 0.724. The maximum absolute atomic E-state index is 12.6. The van der Waals surface area contributed by atoms with E-state index in [1.165, 1.54) is 0 Å². The minimum atomic E-state index is -3.49. The van der Waals surface area contributed by atoms with Crippen molar-refractivity contribution in [3.63, 3.8) is 0 Å². The van der Waals surface area contributed by atoms with E-state index in [1.54, 1.807) is 38.1 Å². The summed E-state index contributed by atoms with van der Waals surface area (Å²) in [5, 5.41) is 14.7. The molecule has 0 heterocycles. The number of carboxylic acid groups (broad SMARTS) is 1. The van der Waals surface area contributed by atoms with Crippen molar-refractivity contribution in [2.24, 2.45) is 5.92 Å². The molecule has 0 aliphatic carbocycles. The predicted molar refractivity (Wildman–Crippen MR) is 107 cm³/mol. The zero-order chi connectivity index (χ0) is 22.0. The monoisotopic (exact) mass is 426 g/mol. The van der Waals surface area contributed by atoms with Gasteiger partial charge in [0.25, 0.3) is 0 Å². The molecule has 0 saturated heterocycles. The minimum Gasteiger partial charge on any atom is -0.481 e. The van der Waals surface area contributed by atoms with Crippen molar-refractivity contribution in [1.29, 1.82) is 0 Å². The lowest BCUT2D eigenvalue weighted by Crippen LogP contribution is -2.52. The van der Waals surface area contributed by atoms with Gasteiger partial charge < -0.3 is 20.5 Å². The highest BCUT2D eigenvalue weighted by Crippen LogP contribution is 2.06. The lowest BCUT2D eigenvalue weighted by molar-refractivity contribution is -0.137. The van der Waals surface area contributed by atoms with E-state index in [1.807, 2.05) is 6.07 Å². The normalized spacial score (nSPS) is 13.7. The molecule has 9 nitrogen and oxygen atoms in total. The van der Waals surface area contributed by atoms with Crippen molar-refractivity contribution in [1.82, 2.24) is 10.6 Å². The molecular weight excluding hydrogens is 400 g/mol. The smallest absolute Gasteiger partial charge is 0.408 e. The number of nitrogens with one attached hydrogen (secondary N) is 2. The molecule has 0 aromatic heterocycles. The molecule has 3 N–H and O–H groups in total. The summed E-state index contributed by atoms with van der Waals surface area (Å²) in [5.41, 5.74) is 0.778. The number of carboxylic acids is 1. The third-order valence-electron chi connectivity index (χ3n) is 3.72. The van der Waals surface area contributed by atoms with Gasteiger partial charge in [0.05, 0.1) is 12.5 Å². The zero-order valence-electron chi connectivity index (χ0n) is 16.5. The van der Waals surface area contributed by atoms with Crippen LogP contribution in [0.4, 0.5) is 4.79 Å². The predicted octanol–water partition coefficient (Wildman–Crippen LogP) is 1.46. The van der Waals surface area contributed by atoms with E-state index < -0.39 is 46.3 Å². The number of aliphatic carboxylic acids is 1. The lowest BCUT2D eigenvalue weighted by Gasteiger charge is -2.23. The summed E-state index contributed by atoms with van der Waals surface area (Å²) in [4.78, 5) is 35.6. The third kappa shape index (κ3) is 10.3. The molecule has 0 saturated carbocycles. The van der Waals surface area contributed by atoms with Gasteiger partial charge in [-0.3, -0.25) is 9.59 Å². The molecule has 29 heavy (non-hydrogen) atoms. The van der Waals surface area contributed by atoms with Crippen LogP contribution < -0.4 is 10.6 Å². The van der Waals surface area contributed by atoms with Gasteiger partial charge in [0, 0.05) is 11.7 Å². The van der Waals surface area contributed by atoms with Crippen LogP contribution in [0.2, 0.25) is 0 Å². The van der Waals surface area contributed by atoms with Crippen molar-refractivity contribution in [2.75, 3.05) is 6.26 Å². The van der Waals surface area contributed by atoms with Crippen LogP contribution in [0.25, 0.3) is 0 Å². The fourth-order valence-corrected chi connectivity index (χ4v) is 2.77. The van der Waals surface area contributed by atoms with Crippen molar-refractivity contribution in [3.05, 3.63) is 47.4 Å². The van der Waals surface area contributed by atoms with Gasteiger partial charge >= 0.3 is 12.1 Å². The van der Waals surface area contributed by atoms with Gasteiger partial charge in [-0.2, -0.15) is 0 Å². The summed E-state index contributed by atoms with van der Waals surface area (Å²) < 4.78 is 27.6. The summed E-state index contributed by atoms with van der Waals surface area (Å²) >= 11 is 0. The first-order valence-electron chi connectivity index (χ1n) is 8.85. The van der Waals surface area contributed by atoms with Crippen LogP contribution in [0.5, 0.6) is 0 Å². The average Bonchev–Trinajstić information content (AvgIpc) is 2.62. The van der Waals surface area contributed by atoms with E-state index in [9.17, 15) is 22.8 Å². The van der Waals surface area contributed by atoms with Gasteiger partial charge in [-0.25, -0.2) is 13.2 Å². The molecule has 0 unspecified atom stereocenters. The first-order chi connectivity index (χ1) is 13.5. The van der Waals surface area contributed by atoms with E-state index in [0.29, 0.717) is 0 Å². The average molecular weight is 426 g/mol. The maximum atomic E-state index is 12.6. The number of rotatable bonds is 10. The van der Waals surface area contributed by atoms with E-state index in [4.69, 9.17) is 9.84 Å². The molecule has 0 spiro atoms. The van der Waals surface area contributed by atoms with Crippen LogP contribution in [0.1, 0.15) is 25.8 Å². The Morgan fingerprint density at radius 1 is 1.14 bits per heavy atom. The topological polar surface area (TPSA) is 139 Å². The third-order valence-corrected chi connectivity index (χ3v) is 4.37. The number of sulfone groups is 1. The summed E-state index contributed by atoms with van der Waals surface area (Å²) in [6, 6.07) is 6.93. The molecule has 0 aliphatic heterocycles. The van der Waals surface area contributed by atoms with Crippen molar-refractivity contribution in [2.45, 2.75) is 39.0 Å². The van der Waals surface area contributed by atoms with Gasteiger partial charge in [-0.1, -0.05) is 50.3 Å². The van der Waals surface area contributed by atoms with Crippen molar-refractivity contribution < 1.29 is 32.6 Å². The van der Waals surface area contributed by atoms with Gasteiger partial charge in [0.15, 0.2) is 9.84 Å². The molecule has 0 bridgehead atoms. The van der Waals surface area contributed by atoms with Crippen LogP contribution in [0, 0.1) is 5.92 Å². The Morgan fingerprint density at radius 3 is 2.28 bits per heavy atom. The molecule has 2 atom stereocenters.